The Bertz CT molecular complexity index is 380. The van der Waals surface area contributed by atoms with Crippen LogP contribution in [0.2, 0.25) is 0 Å². The topological polar surface area (TPSA) is 70.7 Å². The lowest BCUT2D eigenvalue weighted by atomic mass is 10.0. The predicted molar refractivity (Wildman–Crippen MR) is 95.9 cm³/mol. The molecule has 1 heterocycles. The maximum Gasteiger partial charge on any atom is 0.407 e. The Morgan fingerprint density at radius 2 is 1.71 bits per heavy atom. The molecular weight excluding hydrogens is 306 g/mol. The molecule has 140 valence electrons. The zero-order valence-corrected chi connectivity index (χ0v) is 15.8. The minimum absolute atomic E-state index is 0.0383. The van der Waals surface area contributed by atoms with Gasteiger partial charge in [-0.05, 0) is 52.1 Å². The largest absolute Gasteiger partial charge is 0.450 e. The van der Waals surface area contributed by atoms with E-state index in [0.717, 1.165) is 32.4 Å². The lowest BCUT2D eigenvalue weighted by Gasteiger charge is -2.28. The number of amides is 2. The third-order valence-corrected chi connectivity index (χ3v) is 4.44. The van der Waals surface area contributed by atoms with Crippen molar-refractivity contribution in [2.75, 3.05) is 26.2 Å². The summed E-state index contributed by atoms with van der Waals surface area (Å²) in [6.07, 6.45) is 5.22. The van der Waals surface area contributed by atoms with E-state index in [9.17, 15) is 9.59 Å². The van der Waals surface area contributed by atoms with Gasteiger partial charge in [-0.25, -0.2) is 4.79 Å². The first-order valence-electron chi connectivity index (χ1n) is 9.39. The molecule has 0 bridgehead atoms. The average Bonchev–Trinajstić information content (AvgIpc) is 2.80. The number of hydrogen-bond acceptors (Lipinski definition) is 4. The van der Waals surface area contributed by atoms with Crippen LogP contribution in [-0.4, -0.2) is 55.2 Å². The molecule has 0 spiro atoms. The normalized spacial score (nSPS) is 18.5. The van der Waals surface area contributed by atoms with Crippen molar-refractivity contribution in [3.8, 4) is 0 Å². The molecule has 2 unspecified atom stereocenters. The van der Waals surface area contributed by atoms with Crippen LogP contribution in [0, 0.1) is 5.92 Å². The van der Waals surface area contributed by atoms with Crippen molar-refractivity contribution in [2.24, 2.45) is 5.92 Å². The summed E-state index contributed by atoms with van der Waals surface area (Å²) < 4.78 is 4.95. The Labute approximate surface area is 146 Å². The number of alkyl carbamates (subject to hydrolysis) is 1. The molecule has 2 amide bonds. The maximum absolute atomic E-state index is 12.5. The number of nitrogens with one attached hydrogen (secondary N) is 2. The molecule has 1 fully saturated rings. The van der Waals surface area contributed by atoms with E-state index in [0.29, 0.717) is 19.1 Å². The quantitative estimate of drug-likeness (QED) is 0.712. The van der Waals surface area contributed by atoms with E-state index in [-0.39, 0.29) is 18.0 Å². The Kier molecular flexibility index (Phi) is 9.76. The van der Waals surface area contributed by atoms with Crippen molar-refractivity contribution in [3.05, 3.63) is 0 Å². The Hall–Kier alpha value is -1.30. The van der Waals surface area contributed by atoms with Crippen LogP contribution in [0.25, 0.3) is 0 Å². The van der Waals surface area contributed by atoms with Crippen LogP contribution in [0.5, 0.6) is 0 Å². The molecule has 0 aromatic rings. The minimum Gasteiger partial charge on any atom is -0.450 e. The molecule has 1 aliphatic rings. The highest BCUT2D eigenvalue weighted by molar-refractivity contribution is 5.81. The minimum atomic E-state index is -0.419. The van der Waals surface area contributed by atoms with Gasteiger partial charge in [-0.15, -0.1) is 0 Å². The third-order valence-electron chi connectivity index (χ3n) is 4.44. The molecule has 6 nitrogen and oxygen atoms in total. The Morgan fingerprint density at radius 1 is 1.08 bits per heavy atom. The SMILES string of the molecule is CCOC(=O)NC(CNC(=O)C(C)N1CCCCCC1)CC(C)C. The summed E-state index contributed by atoms with van der Waals surface area (Å²) in [6, 6.07) is -0.227. The van der Waals surface area contributed by atoms with Crippen molar-refractivity contribution in [1.82, 2.24) is 15.5 Å². The van der Waals surface area contributed by atoms with Gasteiger partial charge in [0, 0.05) is 12.6 Å². The van der Waals surface area contributed by atoms with E-state index in [1.807, 2.05) is 6.92 Å². The fraction of sp³-hybridized carbons (Fsp3) is 0.889. The zero-order valence-electron chi connectivity index (χ0n) is 15.8. The van der Waals surface area contributed by atoms with Gasteiger partial charge < -0.3 is 15.4 Å². The standard InChI is InChI=1S/C18H35N3O3/c1-5-24-18(23)20-16(12-14(2)3)13-19-17(22)15(4)21-10-8-6-7-9-11-21/h14-16H,5-13H2,1-4H3,(H,19,22)(H,20,23). The molecule has 2 atom stereocenters. The van der Waals surface area contributed by atoms with Crippen molar-refractivity contribution in [2.45, 2.75) is 71.9 Å². The molecule has 0 aromatic heterocycles. The van der Waals surface area contributed by atoms with Crippen LogP contribution in [-0.2, 0) is 9.53 Å². The number of nitrogens with zero attached hydrogens (tertiary/aromatic N) is 1. The summed E-state index contributed by atoms with van der Waals surface area (Å²) in [5.74, 6) is 0.466. The van der Waals surface area contributed by atoms with Gasteiger partial charge in [-0.2, -0.15) is 0 Å². The van der Waals surface area contributed by atoms with Gasteiger partial charge in [0.2, 0.25) is 5.91 Å². The number of ether oxygens (including phenoxy) is 1. The second-order valence-electron chi connectivity index (χ2n) is 7.06. The third kappa shape index (κ3) is 7.99. The molecular formula is C18H35N3O3. The summed E-state index contributed by atoms with van der Waals surface area (Å²) >= 11 is 0. The molecule has 1 aliphatic heterocycles. The van der Waals surface area contributed by atoms with E-state index in [4.69, 9.17) is 4.74 Å². The summed E-state index contributed by atoms with van der Waals surface area (Å²) in [6.45, 7) is 10.7. The van der Waals surface area contributed by atoms with E-state index in [1.54, 1.807) is 6.92 Å². The lowest BCUT2D eigenvalue weighted by molar-refractivity contribution is -0.126. The van der Waals surface area contributed by atoms with Gasteiger partial charge in [0.05, 0.1) is 12.6 Å². The van der Waals surface area contributed by atoms with E-state index >= 15 is 0 Å². The first kappa shape index (κ1) is 20.7. The van der Waals surface area contributed by atoms with Crippen molar-refractivity contribution < 1.29 is 14.3 Å². The number of rotatable bonds is 8. The van der Waals surface area contributed by atoms with E-state index in [2.05, 4.69) is 29.4 Å². The lowest BCUT2D eigenvalue weighted by Crippen LogP contribution is -2.50. The van der Waals surface area contributed by atoms with Crippen LogP contribution in [0.4, 0.5) is 4.79 Å². The second kappa shape index (κ2) is 11.3. The monoisotopic (exact) mass is 341 g/mol. The molecule has 2 N–H and O–H groups in total. The molecule has 1 rings (SSSR count). The highest BCUT2D eigenvalue weighted by atomic mass is 16.5. The van der Waals surface area contributed by atoms with Gasteiger partial charge >= 0.3 is 6.09 Å². The molecule has 0 aromatic carbocycles. The first-order valence-corrected chi connectivity index (χ1v) is 9.39. The van der Waals surface area contributed by atoms with Crippen molar-refractivity contribution in [3.63, 3.8) is 0 Å². The van der Waals surface area contributed by atoms with Crippen LogP contribution in [0.15, 0.2) is 0 Å². The van der Waals surface area contributed by atoms with Crippen LogP contribution >= 0.6 is 0 Å². The summed E-state index contributed by atoms with van der Waals surface area (Å²) in [5.41, 5.74) is 0. The van der Waals surface area contributed by atoms with E-state index < -0.39 is 6.09 Å². The fourth-order valence-electron chi connectivity index (χ4n) is 3.12. The predicted octanol–water partition coefficient (Wildman–Crippen LogP) is 2.53. The van der Waals surface area contributed by atoms with Crippen molar-refractivity contribution in [1.29, 1.82) is 0 Å². The highest BCUT2D eigenvalue weighted by Gasteiger charge is 2.23. The van der Waals surface area contributed by atoms with Crippen LogP contribution < -0.4 is 10.6 Å². The molecule has 0 saturated carbocycles. The Morgan fingerprint density at radius 3 is 2.25 bits per heavy atom. The summed E-state index contributed by atoms with van der Waals surface area (Å²) in [4.78, 5) is 26.4. The van der Waals surface area contributed by atoms with Gasteiger partial charge in [0.1, 0.15) is 0 Å². The second-order valence-corrected chi connectivity index (χ2v) is 7.06. The average molecular weight is 341 g/mol. The number of hydrogen-bond donors (Lipinski definition) is 2. The summed E-state index contributed by atoms with van der Waals surface area (Å²) in [7, 11) is 0. The van der Waals surface area contributed by atoms with Crippen LogP contribution in [0.1, 0.15) is 59.8 Å². The molecule has 6 heteroatoms. The van der Waals surface area contributed by atoms with Gasteiger partial charge in [-0.3, -0.25) is 9.69 Å². The van der Waals surface area contributed by atoms with Crippen LogP contribution in [0.3, 0.4) is 0 Å². The number of carbonyl (C=O) groups is 2. The van der Waals surface area contributed by atoms with Gasteiger partial charge in [0.25, 0.3) is 0 Å². The zero-order chi connectivity index (χ0) is 17.9. The molecule has 0 aliphatic carbocycles. The summed E-state index contributed by atoms with van der Waals surface area (Å²) in [5, 5.41) is 5.85. The molecule has 24 heavy (non-hydrogen) atoms. The number of likely N-dealkylation sites (tertiary alicyclic amines) is 1. The highest BCUT2D eigenvalue weighted by Crippen LogP contribution is 2.12. The molecule has 1 saturated heterocycles. The first-order chi connectivity index (χ1) is 11.4. The smallest absolute Gasteiger partial charge is 0.407 e. The fourth-order valence-corrected chi connectivity index (χ4v) is 3.12. The van der Waals surface area contributed by atoms with Gasteiger partial charge in [-0.1, -0.05) is 26.7 Å². The Balaban J connectivity index is 2.47. The van der Waals surface area contributed by atoms with E-state index in [1.165, 1.54) is 12.8 Å². The van der Waals surface area contributed by atoms with Gasteiger partial charge in [0.15, 0.2) is 0 Å². The number of carbonyl (C=O) groups excluding carboxylic acids is 2. The maximum atomic E-state index is 12.5. The molecule has 0 radical (unpaired) electrons. The van der Waals surface area contributed by atoms with Crippen molar-refractivity contribution >= 4 is 12.0 Å².